The Kier molecular flexibility index (Phi) is 6.36. The first-order valence-corrected chi connectivity index (χ1v) is 13.2. The van der Waals surface area contributed by atoms with Gasteiger partial charge in [0.15, 0.2) is 17.2 Å². The highest BCUT2D eigenvalue weighted by Gasteiger charge is 2.49. The van der Waals surface area contributed by atoms with Gasteiger partial charge < -0.3 is 19.2 Å². The van der Waals surface area contributed by atoms with Gasteiger partial charge in [-0.15, -0.1) is 0 Å². The summed E-state index contributed by atoms with van der Waals surface area (Å²) >= 11 is 9.43. The number of halogens is 2. The molecule has 3 aromatic heterocycles. The minimum Gasteiger partial charge on any atom is -0.459 e. The van der Waals surface area contributed by atoms with Crippen LogP contribution in [0.3, 0.4) is 0 Å². The molecule has 2 aromatic carbocycles. The third-order valence-electron chi connectivity index (χ3n) is 6.70. The van der Waals surface area contributed by atoms with Gasteiger partial charge in [0.2, 0.25) is 0 Å². The number of nitrogens with one attached hydrogen (secondary N) is 1. The molecule has 1 aliphatic heterocycles. The number of hydrogen-bond donors (Lipinski definition) is 1. The largest absolute Gasteiger partial charge is 0.459 e. The zero-order valence-electron chi connectivity index (χ0n) is 20.6. The van der Waals surface area contributed by atoms with Crippen LogP contribution in [-0.2, 0) is 12.6 Å². The smallest absolute Gasteiger partial charge is 0.288 e. The van der Waals surface area contributed by atoms with Gasteiger partial charge in [0.25, 0.3) is 11.8 Å². The van der Waals surface area contributed by atoms with Crippen molar-refractivity contribution < 1.29 is 18.5 Å². The van der Waals surface area contributed by atoms with Crippen molar-refractivity contribution in [3.63, 3.8) is 0 Å². The molecule has 6 rings (SSSR count). The molecule has 0 radical (unpaired) electrons. The molecule has 196 valence electrons. The lowest BCUT2D eigenvalue weighted by Crippen LogP contribution is -2.69. The summed E-state index contributed by atoms with van der Waals surface area (Å²) in [5, 5.41) is 11.9. The minimum absolute atomic E-state index is 0.174. The lowest BCUT2D eigenvalue weighted by molar-refractivity contribution is 0.0248. The van der Waals surface area contributed by atoms with Gasteiger partial charge in [-0.25, -0.2) is 0 Å². The molecule has 0 saturated carbocycles. The summed E-state index contributed by atoms with van der Waals surface area (Å²) in [6, 6.07) is 18.1. The molecule has 0 bridgehead atoms. The Balaban J connectivity index is 1.24. The third-order valence-corrected chi connectivity index (χ3v) is 7.48. The van der Waals surface area contributed by atoms with Crippen LogP contribution in [0.2, 0.25) is 5.02 Å². The summed E-state index contributed by atoms with van der Waals surface area (Å²) in [6.07, 6.45) is 4.96. The lowest BCUT2D eigenvalue weighted by Gasteiger charge is -2.50. The summed E-state index contributed by atoms with van der Waals surface area (Å²) < 4.78 is 13.6. The molecular weight excluding hydrogens is 586 g/mol. The number of nitrogens with zero attached hydrogens (tertiary/aromatic N) is 4. The highest BCUT2D eigenvalue weighted by molar-refractivity contribution is 9.10. The van der Waals surface area contributed by atoms with Gasteiger partial charge in [-0.2, -0.15) is 5.10 Å². The van der Waals surface area contributed by atoms with Crippen molar-refractivity contribution in [2.24, 2.45) is 7.05 Å². The molecule has 4 heterocycles. The summed E-state index contributed by atoms with van der Waals surface area (Å²) in [6.45, 7) is 0.483. The zero-order valence-corrected chi connectivity index (χ0v) is 22.9. The van der Waals surface area contributed by atoms with Gasteiger partial charge in [0.1, 0.15) is 5.54 Å². The second kappa shape index (κ2) is 9.87. The van der Waals surface area contributed by atoms with Crippen molar-refractivity contribution in [2.45, 2.75) is 5.54 Å². The maximum Gasteiger partial charge on any atom is 0.288 e. The highest BCUT2D eigenvalue weighted by Crippen LogP contribution is 2.35. The van der Waals surface area contributed by atoms with Crippen LogP contribution >= 0.6 is 27.5 Å². The van der Waals surface area contributed by atoms with Gasteiger partial charge in [-0.1, -0.05) is 44.8 Å². The first kappa shape index (κ1) is 25.1. The molecule has 0 unspecified atom stereocenters. The van der Waals surface area contributed by atoms with E-state index in [1.807, 2.05) is 30.5 Å². The second-order valence-corrected chi connectivity index (χ2v) is 10.7. The Bertz CT molecular complexity index is 1670. The van der Waals surface area contributed by atoms with Gasteiger partial charge in [-0.05, 0) is 48.0 Å². The van der Waals surface area contributed by atoms with E-state index in [0.717, 1.165) is 21.2 Å². The van der Waals surface area contributed by atoms with Crippen molar-refractivity contribution >= 4 is 39.3 Å². The number of likely N-dealkylation sites (tertiary alicyclic amines) is 1. The molecule has 0 spiro atoms. The number of aryl methyl sites for hydroxylation is 1. The van der Waals surface area contributed by atoms with E-state index in [4.69, 9.17) is 20.5 Å². The van der Waals surface area contributed by atoms with E-state index in [-0.39, 0.29) is 36.4 Å². The third kappa shape index (κ3) is 4.77. The molecule has 1 N–H and O–H groups in total. The fourth-order valence-electron chi connectivity index (χ4n) is 4.69. The van der Waals surface area contributed by atoms with Crippen molar-refractivity contribution in [2.75, 3.05) is 13.1 Å². The number of carbonyl (C=O) groups is 2. The highest BCUT2D eigenvalue weighted by atomic mass is 79.9. The molecule has 2 amide bonds. The molecule has 5 aromatic rings. The van der Waals surface area contributed by atoms with E-state index in [0.29, 0.717) is 16.3 Å². The number of benzene rings is 2. The normalized spacial score (nSPS) is 14.2. The van der Waals surface area contributed by atoms with Crippen molar-refractivity contribution in [3.8, 4) is 22.5 Å². The van der Waals surface area contributed by atoms with E-state index in [1.165, 1.54) is 6.26 Å². The Labute approximate surface area is 236 Å². The monoisotopic (exact) mass is 605 g/mol. The van der Waals surface area contributed by atoms with Gasteiger partial charge in [0.05, 0.1) is 25.5 Å². The number of carbonyl (C=O) groups excluding carboxylic acids is 2. The average molecular weight is 607 g/mol. The van der Waals surface area contributed by atoms with E-state index < -0.39 is 5.54 Å². The first-order chi connectivity index (χ1) is 18.8. The van der Waals surface area contributed by atoms with Crippen LogP contribution in [0, 0.1) is 0 Å². The van der Waals surface area contributed by atoms with Crippen LogP contribution in [-0.4, -0.2) is 44.7 Å². The molecule has 1 saturated heterocycles. The Morgan fingerprint density at radius 1 is 1.05 bits per heavy atom. The molecular formula is C28H21BrClN5O4. The minimum atomic E-state index is -0.824. The summed E-state index contributed by atoms with van der Waals surface area (Å²) in [5.74, 6) is -0.0486. The van der Waals surface area contributed by atoms with Crippen molar-refractivity contribution in [1.29, 1.82) is 0 Å². The molecule has 1 aliphatic rings. The molecule has 11 heteroatoms. The van der Waals surface area contributed by atoms with Crippen LogP contribution in [0.5, 0.6) is 0 Å². The quantitative estimate of drug-likeness (QED) is 0.272. The topological polar surface area (TPSA) is 106 Å². The second-order valence-electron chi connectivity index (χ2n) is 9.35. The Hall–Kier alpha value is -4.15. The number of aromatic nitrogens is 3. The fourth-order valence-corrected chi connectivity index (χ4v) is 5.08. The van der Waals surface area contributed by atoms with Gasteiger partial charge in [0, 0.05) is 45.5 Å². The number of rotatable bonds is 6. The summed E-state index contributed by atoms with van der Waals surface area (Å²) in [7, 11) is 1.80. The summed E-state index contributed by atoms with van der Waals surface area (Å²) in [4.78, 5) is 28.4. The molecule has 39 heavy (non-hydrogen) atoms. The maximum absolute atomic E-state index is 13.5. The summed E-state index contributed by atoms with van der Waals surface area (Å²) in [5.41, 5.74) is 2.38. The molecule has 9 nitrogen and oxygen atoms in total. The van der Waals surface area contributed by atoms with Gasteiger partial charge in [-0.3, -0.25) is 14.3 Å². The molecule has 0 atom stereocenters. The Morgan fingerprint density at radius 3 is 2.49 bits per heavy atom. The van der Waals surface area contributed by atoms with Crippen LogP contribution in [0.1, 0.15) is 26.6 Å². The van der Waals surface area contributed by atoms with E-state index in [1.54, 1.807) is 59.2 Å². The molecule has 1 fully saturated rings. The molecule has 0 aliphatic carbocycles. The van der Waals surface area contributed by atoms with E-state index >= 15 is 0 Å². The van der Waals surface area contributed by atoms with Crippen LogP contribution < -0.4 is 5.32 Å². The predicted octanol–water partition coefficient (Wildman–Crippen LogP) is 5.53. The average Bonchev–Trinajstić information content (AvgIpc) is 3.67. The number of amides is 2. The lowest BCUT2D eigenvalue weighted by atomic mass is 9.81. The van der Waals surface area contributed by atoms with Crippen LogP contribution in [0.4, 0.5) is 0 Å². The predicted molar refractivity (Wildman–Crippen MR) is 147 cm³/mol. The number of furan rings is 1. The zero-order chi connectivity index (χ0) is 27.1. The van der Waals surface area contributed by atoms with Crippen LogP contribution in [0.15, 0.2) is 92.7 Å². The van der Waals surface area contributed by atoms with Crippen molar-refractivity contribution in [3.05, 3.63) is 106 Å². The fraction of sp³-hybridized carbons (Fsp3) is 0.143. The van der Waals surface area contributed by atoms with Gasteiger partial charge >= 0.3 is 0 Å². The maximum atomic E-state index is 13.5. The first-order valence-electron chi connectivity index (χ1n) is 12.0. The van der Waals surface area contributed by atoms with Crippen molar-refractivity contribution in [1.82, 2.24) is 25.2 Å². The van der Waals surface area contributed by atoms with Crippen LogP contribution in [0.25, 0.3) is 22.5 Å². The SMILES string of the molecule is Cn1cc(-c2ccoc2C(=O)NC2(c3ccc(Br)cc3)CN(C(=O)c3cc(-c4ccc(Cl)cc4)on3)C2)cn1. The standard InChI is InChI=1S/C28H21BrClN5O4/c1-34-14-18(13-31-34)22-10-11-38-25(22)26(36)32-28(19-4-6-20(29)7-5-19)15-35(16-28)27(37)23-12-24(39-33-23)17-2-8-21(30)9-3-17/h2-14H,15-16H2,1H3,(H,32,36). The van der Waals surface area contributed by atoms with E-state index in [2.05, 4.69) is 31.5 Å². The number of hydrogen-bond acceptors (Lipinski definition) is 6. The van der Waals surface area contributed by atoms with E-state index in [9.17, 15) is 9.59 Å². The Morgan fingerprint density at radius 2 is 1.79 bits per heavy atom.